The van der Waals surface area contributed by atoms with Gasteiger partial charge < -0.3 is 0 Å². The highest BCUT2D eigenvalue weighted by atomic mass is 79.9. The van der Waals surface area contributed by atoms with Gasteiger partial charge in [0.2, 0.25) is 0 Å². The van der Waals surface area contributed by atoms with Crippen LogP contribution in [0.2, 0.25) is 5.02 Å². The topological polar surface area (TPSA) is 0 Å². The summed E-state index contributed by atoms with van der Waals surface area (Å²) >= 11 is 17.5. The van der Waals surface area contributed by atoms with Crippen LogP contribution in [-0.2, 0) is 0 Å². The van der Waals surface area contributed by atoms with E-state index in [9.17, 15) is 0 Å². The Balaban J connectivity index is 2.37. The van der Waals surface area contributed by atoms with Gasteiger partial charge in [0.05, 0.1) is 5.38 Å². The van der Waals surface area contributed by atoms with Crippen molar-refractivity contribution in [2.45, 2.75) is 12.3 Å². The van der Waals surface area contributed by atoms with E-state index in [-0.39, 0.29) is 5.38 Å². The fourth-order valence-corrected chi connectivity index (χ4v) is 3.76. The van der Waals surface area contributed by atoms with E-state index in [0.717, 1.165) is 14.9 Å². The summed E-state index contributed by atoms with van der Waals surface area (Å²) in [5.74, 6) is 0. The average molecular weight is 336 g/mol. The van der Waals surface area contributed by atoms with Crippen molar-refractivity contribution in [3.8, 4) is 0 Å². The molecule has 0 spiro atoms. The van der Waals surface area contributed by atoms with Crippen molar-refractivity contribution in [2.24, 2.45) is 0 Å². The van der Waals surface area contributed by atoms with Crippen LogP contribution in [0.3, 0.4) is 0 Å². The van der Waals surface area contributed by atoms with Crippen LogP contribution in [0.25, 0.3) is 0 Å². The number of benzene rings is 1. The Bertz CT molecular complexity index is 507. The highest BCUT2D eigenvalue weighted by Crippen LogP contribution is 2.37. The summed E-state index contributed by atoms with van der Waals surface area (Å²) in [4.78, 5) is 2.42. The van der Waals surface area contributed by atoms with E-state index in [4.69, 9.17) is 23.2 Å². The van der Waals surface area contributed by atoms with Gasteiger partial charge in [-0.05, 0) is 36.8 Å². The normalized spacial score (nSPS) is 12.8. The molecule has 2 rings (SSSR count). The summed E-state index contributed by atoms with van der Waals surface area (Å²) in [5, 5.41) is 0.590. The standard InChI is InChI=1S/C12H9BrCl2S/c1-7-2-5-11(16-7)12(15)9-4-3-8(14)6-10(9)13/h2-6,12H,1H3. The number of aryl methyl sites for hydroxylation is 1. The Hall–Kier alpha value is -0.0200. The summed E-state index contributed by atoms with van der Waals surface area (Å²) in [6.45, 7) is 2.08. The van der Waals surface area contributed by atoms with E-state index in [1.165, 1.54) is 4.88 Å². The Morgan fingerprint density at radius 2 is 2.00 bits per heavy atom. The SMILES string of the molecule is Cc1ccc(C(Cl)c2ccc(Cl)cc2Br)s1. The van der Waals surface area contributed by atoms with Crippen LogP contribution in [0, 0.1) is 6.92 Å². The molecular weight excluding hydrogens is 327 g/mol. The summed E-state index contributed by atoms with van der Waals surface area (Å²) in [5.41, 5.74) is 1.05. The molecule has 1 aromatic heterocycles. The summed E-state index contributed by atoms with van der Waals surface area (Å²) in [6, 6.07) is 9.83. The maximum Gasteiger partial charge on any atom is 0.0938 e. The Morgan fingerprint density at radius 1 is 1.25 bits per heavy atom. The van der Waals surface area contributed by atoms with Crippen LogP contribution in [0.1, 0.15) is 20.7 Å². The lowest BCUT2D eigenvalue weighted by Gasteiger charge is -2.10. The van der Waals surface area contributed by atoms with Gasteiger partial charge in [-0.1, -0.05) is 33.6 Å². The van der Waals surface area contributed by atoms with Crippen LogP contribution in [0.15, 0.2) is 34.8 Å². The zero-order valence-corrected chi connectivity index (χ0v) is 12.4. The number of hydrogen-bond acceptors (Lipinski definition) is 1. The minimum absolute atomic E-state index is 0.120. The number of alkyl halides is 1. The zero-order chi connectivity index (χ0) is 11.7. The average Bonchev–Trinajstić information content (AvgIpc) is 2.64. The molecule has 0 N–H and O–H groups in total. The van der Waals surface area contributed by atoms with Crippen molar-refractivity contribution in [1.82, 2.24) is 0 Å². The molecule has 0 aliphatic rings. The molecule has 0 radical (unpaired) electrons. The summed E-state index contributed by atoms with van der Waals surface area (Å²) in [7, 11) is 0. The second-order valence-corrected chi connectivity index (χ2v) is 6.52. The quantitative estimate of drug-likeness (QED) is 0.608. The first-order valence-corrected chi connectivity index (χ1v) is 7.15. The Kier molecular flexibility index (Phi) is 3.96. The molecular formula is C12H9BrCl2S. The van der Waals surface area contributed by atoms with Gasteiger partial charge in [-0.15, -0.1) is 22.9 Å². The largest absolute Gasteiger partial charge is 0.144 e. The molecule has 0 saturated heterocycles. The van der Waals surface area contributed by atoms with E-state index in [0.29, 0.717) is 5.02 Å². The highest BCUT2D eigenvalue weighted by Gasteiger charge is 2.15. The second-order valence-electron chi connectivity index (χ2n) is 3.48. The van der Waals surface area contributed by atoms with Gasteiger partial charge in [-0.3, -0.25) is 0 Å². The van der Waals surface area contributed by atoms with Crippen LogP contribution < -0.4 is 0 Å². The monoisotopic (exact) mass is 334 g/mol. The highest BCUT2D eigenvalue weighted by molar-refractivity contribution is 9.10. The number of rotatable bonds is 2. The molecule has 0 aliphatic heterocycles. The van der Waals surface area contributed by atoms with Gasteiger partial charge >= 0.3 is 0 Å². The van der Waals surface area contributed by atoms with Crippen molar-refractivity contribution in [2.75, 3.05) is 0 Å². The van der Waals surface area contributed by atoms with E-state index in [1.807, 2.05) is 18.2 Å². The molecule has 1 atom stereocenters. The third kappa shape index (κ3) is 2.62. The molecule has 2 aromatic rings. The molecule has 0 saturated carbocycles. The van der Waals surface area contributed by atoms with E-state index in [1.54, 1.807) is 11.3 Å². The third-order valence-corrected chi connectivity index (χ3v) is 4.83. The lowest BCUT2D eigenvalue weighted by molar-refractivity contribution is 1.17. The van der Waals surface area contributed by atoms with Crippen molar-refractivity contribution >= 4 is 50.5 Å². The number of hydrogen-bond donors (Lipinski definition) is 0. The van der Waals surface area contributed by atoms with Crippen LogP contribution in [0.4, 0.5) is 0 Å². The van der Waals surface area contributed by atoms with E-state index >= 15 is 0 Å². The second kappa shape index (κ2) is 5.09. The molecule has 1 unspecified atom stereocenters. The predicted molar refractivity (Wildman–Crippen MR) is 75.9 cm³/mol. The minimum Gasteiger partial charge on any atom is -0.144 e. The van der Waals surface area contributed by atoms with Gasteiger partial charge in [0.1, 0.15) is 0 Å². The fourth-order valence-electron chi connectivity index (χ4n) is 1.45. The van der Waals surface area contributed by atoms with Gasteiger partial charge in [0.25, 0.3) is 0 Å². The van der Waals surface area contributed by atoms with Crippen LogP contribution >= 0.6 is 50.5 Å². The Morgan fingerprint density at radius 3 is 2.56 bits per heavy atom. The molecule has 4 heteroatoms. The van der Waals surface area contributed by atoms with E-state index in [2.05, 4.69) is 35.0 Å². The maximum absolute atomic E-state index is 6.44. The molecule has 16 heavy (non-hydrogen) atoms. The van der Waals surface area contributed by atoms with Crippen LogP contribution in [-0.4, -0.2) is 0 Å². The molecule has 1 heterocycles. The predicted octanol–water partition coefficient (Wildman–Crippen LogP) is 5.80. The van der Waals surface area contributed by atoms with Crippen molar-refractivity contribution in [3.63, 3.8) is 0 Å². The Labute approximate surface area is 117 Å². The van der Waals surface area contributed by atoms with Gasteiger partial charge in [-0.2, -0.15) is 0 Å². The summed E-state index contributed by atoms with van der Waals surface area (Å²) in [6.07, 6.45) is 0. The molecule has 1 aromatic carbocycles. The lowest BCUT2D eigenvalue weighted by Crippen LogP contribution is -1.91. The third-order valence-electron chi connectivity index (χ3n) is 2.25. The van der Waals surface area contributed by atoms with Crippen molar-refractivity contribution in [3.05, 3.63) is 55.1 Å². The molecule has 0 fully saturated rings. The maximum atomic E-state index is 6.44. The molecule has 84 valence electrons. The summed E-state index contributed by atoms with van der Waals surface area (Å²) < 4.78 is 0.950. The number of thiophene rings is 1. The first kappa shape index (κ1) is 12.4. The molecule has 0 amide bonds. The molecule has 0 bridgehead atoms. The first-order chi connectivity index (χ1) is 7.58. The number of halogens is 3. The van der Waals surface area contributed by atoms with Crippen molar-refractivity contribution < 1.29 is 0 Å². The minimum atomic E-state index is -0.120. The van der Waals surface area contributed by atoms with Gasteiger partial charge in [0, 0.05) is 19.2 Å². The molecule has 0 nitrogen and oxygen atoms in total. The lowest BCUT2D eigenvalue weighted by atomic mass is 10.1. The van der Waals surface area contributed by atoms with Gasteiger partial charge in [0.15, 0.2) is 0 Å². The fraction of sp³-hybridized carbons (Fsp3) is 0.167. The first-order valence-electron chi connectivity index (χ1n) is 4.73. The van der Waals surface area contributed by atoms with Crippen LogP contribution in [0.5, 0.6) is 0 Å². The van der Waals surface area contributed by atoms with E-state index < -0.39 is 0 Å². The van der Waals surface area contributed by atoms with Crippen molar-refractivity contribution in [1.29, 1.82) is 0 Å². The van der Waals surface area contributed by atoms with Gasteiger partial charge in [-0.25, -0.2) is 0 Å². The smallest absolute Gasteiger partial charge is 0.0938 e. The zero-order valence-electron chi connectivity index (χ0n) is 8.51. The molecule has 0 aliphatic carbocycles.